The normalized spacial score (nSPS) is 25.0. The van der Waals surface area contributed by atoms with Crippen molar-refractivity contribution in [2.75, 3.05) is 14.2 Å². The molecule has 0 unspecified atom stereocenters. The Hall–Kier alpha value is -3.29. The molecule has 0 spiro atoms. The van der Waals surface area contributed by atoms with E-state index in [2.05, 4.69) is 5.32 Å². The van der Waals surface area contributed by atoms with Crippen LogP contribution in [-0.4, -0.2) is 43.2 Å². The molecule has 188 valence electrons. The summed E-state index contributed by atoms with van der Waals surface area (Å²) in [6.45, 7) is 3.63. The SMILES string of the molecule is COC(=O)[C@@H]1C(=O)C2=C(C[C@@H]1C)NC(C)=C(C(=O)OC1CCCCC1)[C@H]2c1ccc(OC)c(O)c1. The van der Waals surface area contributed by atoms with Crippen molar-refractivity contribution in [3.05, 3.63) is 46.3 Å². The summed E-state index contributed by atoms with van der Waals surface area (Å²) < 4.78 is 16.0. The van der Waals surface area contributed by atoms with Crippen molar-refractivity contribution in [3.63, 3.8) is 0 Å². The number of methoxy groups -OCH3 is 2. The molecule has 0 radical (unpaired) electrons. The highest BCUT2D eigenvalue weighted by Crippen LogP contribution is 2.47. The Bertz CT molecular complexity index is 1100. The summed E-state index contributed by atoms with van der Waals surface area (Å²) in [6.07, 6.45) is 5.06. The maximum absolute atomic E-state index is 13.8. The van der Waals surface area contributed by atoms with Crippen LogP contribution in [0.3, 0.4) is 0 Å². The van der Waals surface area contributed by atoms with E-state index in [0.717, 1.165) is 32.1 Å². The van der Waals surface area contributed by atoms with Gasteiger partial charge in [0, 0.05) is 22.9 Å². The number of hydrogen-bond donors (Lipinski definition) is 2. The highest BCUT2D eigenvalue weighted by atomic mass is 16.5. The molecule has 2 aliphatic carbocycles. The van der Waals surface area contributed by atoms with Crippen molar-refractivity contribution in [2.24, 2.45) is 11.8 Å². The number of carbonyl (C=O) groups excluding carboxylic acids is 3. The first-order valence-corrected chi connectivity index (χ1v) is 12.2. The monoisotopic (exact) mass is 483 g/mol. The first kappa shape index (κ1) is 24.8. The van der Waals surface area contributed by atoms with Crippen molar-refractivity contribution >= 4 is 17.7 Å². The number of rotatable bonds is 5. The fourth-order valence-corrected chi connectivity index (χ4v) is 5.57. The number of phenols is 1. The zero-order valence-corrected chi connectivity index (χ0v) is 20.7. The van der Waals surface area contributed by atoms with Gasteiger partial charge in [-0.1, -0.05) is 19.4 Å². The molecule has 2 N–H and O–H groups in total. The van der Waals surface area contributed by atoms with Crippen LogP contribution in [-0.2, 0) is 23.9 Å². The molecule has 1 aromatic rings. The summed E-state index contributed by atoms with van der Waals surface area (Å²) in [4.78, 5) is 39.9. The van der Waals surface area contributed by atoms with E-state index in [9.17, 15) is 19.5 Å². The van der Waals surface area contributed by atoms with Gasteiger partial charge >= 0.3 is 11.9 Å². The predicted molar refractivity (Wildman–Crippen MR) is 128 cm³/mol. The summed E-state index contributed by atoms with van der Waals surface area (Å²) in [7, 11) is 2.71. The lowest BCUT2D eigenvalue weighted by atomic mass is 9.69. The van der Waals surface area contributed by atoms with Gasteiger partial charge in [0.1, 0.15) is 12.0 Å². The number of dihydropyridines is 1. The standard InChI is InChI=1S/C27H33NO7/c1-14-12-18-24(25(30)21(14)26(31)34-4)23(16-10-11-20(33-3)19(29)13-16)22(15(2)28-18)27(32)35-17-8-6-5-7-9-17/h10-11,13-14,17,21,23,28-29H,5-9,12H2,1-4H3/t14-,21-,23+/m0/s1. The van der Waals surface area contributed by atoms with E-state index in [0.29, 0.717) is 34.5 Å². The van der Waals surface area contributed by atoms with Crippen molar-refractivity contribution in [1.29, 1.82) is 0 Å². The van der Waals surface area contributed by atoms with Gasteiger partial charge in [0.15, 0.2) is 17.3 Å². The number of carbonyl (C=O) groups is 3. The second kappa shape index (κ2) is 10.1. The van der Waals surface area contributed by atoms with Crippen molar-refractivity contribution in [2.45, 2.75) is 64.4 Å². The summed E-state index contributed by atoms with van der Waals surface area (Å²) in [5, 5.41) is 13.8. The molecule has 0 amide bonds. The van der Waals surface area contributed by atoms with E-state index in [-0.39, 0.29) is 29.3 Å². The molecule has 8 heteroatoms. The quantitative estimate of drug-likeness (QED) is 0.479. The van der Waals surface area contributed by atoms with Crippen LogP contribution in [0, 0.1) is 11.8 Å². The van der Waals surface area contributed by atoms with Crippen LogP contribution in [0.25, 0.3) is 0 Å². The number of allylic oxidation sites excluding steroid dienone is 3. The van der Waals surface area contributed by atoms with E-state index < -0.39 is 23.8 Å². The minimum Gasteiger partial charge on any atom is -0.504 e. The van der Waals surface area contributed by atoms with Gasteiger partial charge in [0.05, 0.1) is 19.8 Å². The Balaban J connectivity index is 1.81. The molecule has 1 heterocycles. The Labute approximate surface area is 205 Å². The van der Waals surface area contributed by atoms with Gasteiger partial charge in [-0.05, 0) is 62.6 Å². The van der Waals surface area contributed by atoms with Gasteiger partial charge in [-0.2, -0.15) is 0 Å². The van der Waals surface area contributed by atoms with E-state index in [4.69, 9.17) is 14.2 Å². The number of benzene rings is 1. The van der Waals surface area contributed by atoms with Gasteiger partial charge in [-0.25, -0.2) is 4.79 Å². The highest BCUT2D eigenvalue weighted by molar-refractivity contribution is 6.12. The van der Waals surface area contributed by atoms with Crippen LogP contribution < -0.4 is 10.1 Å². The maximum atomic E-state index is 13.8. The lowest BCUT2D eigenvalue weighted by Crippen LogP contribution is -2.43. The van der Waals surface area contributed by atoms with Gasteiger partial charge in [0.25, 0.3) is 0 Å². The van der Waals surface area contributed by atoms with Crippen molar-refractivity contribution in [3.8, 4) is 11.5 Å². The van der Waals surface area contributed by atoms with Crippen LogP contribution in [0.1, 0.15) is 63.9 Å². The van der Waals surface area contributed by atoms with Gasteiger partial charge in [0.2, 0.25) is 0 Å². The number of hydrogen-bond acceptors (Lipinski definition) is 8. The summed E-state index contributed by atoms with van der Waals surface area (Å²) in [6, 6.07) is 4.82. The summed E-state index contributed by atoms with van der Waals surface area (Å²) >= 11 is 0. The minimum atomic E-state index is -0.969. The molecule has 0 saturated heterocycles. The number of phenolic OH excluding ortho intramolecular Hbond substituents is 1. The van der Waals surface area contributed by atoms with E-state index in [1.54, 1.807) is 19.1 Å². The molecule has 0 aromatic heterocycles. The average molecular weight is 484 g/mol. The Kier molecular flexibility index (Phi) is 7.19. The smallest absolute Gasteiger partial charge is 0.337 e. The van der Waals surface area contributed by atoms with Crippen LogP contribution in [0.15, 0.2) is 40.7 Å². The molecular formula is C27H33NO7. The highest BCUT2D eigenvalue weighted by Gasteiger charge is 2.47. The molecule has 3 aliphatic rings. The Morgan fingerprint density at radius 2 is 1.83 bits per heavy atom. The number of ketones is 1. The second-order valence-electron chi connectivity index (χ2n) is 9.63. The molecule has 1 aliphatic heterocycles. The zero-order valence-electron chi connectivity index (χ0n) is 20.7. The van der Waals surface area contributed by atoms with E-state index in [1.807, 2.05) is 6.92 Å². The van der Waals surface area contributed by atoms with Gasteiger partial charge < -0.3 is 24.6 Å². The first-order chi connectivity index (χ1) is 16.8. The topological polar surface area (TPSA) is 111 Å². The maximum Gasteiger partial charge on any atom is 0.337 e. The van der Waals surface area contributed by atoms with E-state index in [1.165, 1.54) is 20.3 Å². The lowest BCUT2D eigenvalue weighted by Gasteiger charge is -2.38. The molecule has 35 heavy (non-hydrogen) atoms. The third-order valence-corrected chi connectivity index (χ3v) is 7.33. The molecule has 4 rings (SSSR count). The fourth-order valence-electron chi connectivity index (χ4n) is 5.57. The van der Waals surface area contributed by atoms with Crippen LogP contribution in [0.2, 0.25) is 0 Å². The molecular weight excluding hydrogens is 450 g/mol. The summed E-state index contributed by atoms with van der Waals surface area (Å²) in [5.74, 6) is -3.33. The third kappa shape index (κ3) is 4.66. The fraction of sp³-hybridized carbons (Fsp3) is 0.519. The number of nitrogens with one attached hydrogen (secondary N) is 1. The van der Waals surface area contributed by atoms with Crippen LogP contribution >= 0.6 is 0 Å². The molecule has 1 saturated carbocycles. The predicted octanol–water partition coefficient (Wildman–Crippen LogP) is 3.89. The average Bonchev–Trinajstić information content (AvgIpc) is 2.83. The number of ether oxygens (including phenoxy) is 3. The third-order valence-electron chi connectivity index (χ3n) is 7.33. The first-order valence-electron chi connectivity index (χ1n) is 12.2. The molecule has 3 atom stereocenters. The number of esters is 2. The Morgan fingerprint density at radius 3 is 2.46 bits per heavy atom. The Morgan fingerprint density at radius 1 is 1.11 bits per heavy atom. The summed E-state index contributed by atoms with van der Waals surface area (Å²) in [5.41, 5.74) is 2.46. The minimum absolute atomic E-state index is 0.107. The van der Waals surface area contributed by atoms with Crippen LogP contribution in [0.5, 0.6) is 11.5 Å². The van der Waals surface area contributed by atoms with Gasteiger partial charge in [-0.15, -0.1) is 0 Å². The molecule has 0 bridgehead atoms. The van der Waals surface area contributed by atoms with E-state index >= 15 is 0 Å². The molecule has 8 nitrogen and oxygen atoms in total. The number of aromatic hydroxyl groups is 1. The molecule has 1 aromatic carbocycles. The van der Waals surface area contributed by atoms with Crippen LogP contribution in [0.4, 0.5) is 0 Å². The van der Waals surface area contributed by atoms with Gasteiger partial charge in [-0.3, -0.25) is 9.59 Å². The number of Topliss-reactive ketones (excluding diaryl/α,β-unsaturated/α-hetero) is 1. The second-order valence-corrected chi connectivity index (χ2v) is 9.63. The largest absolute Gasteiger partial charge is 0.504 e. The molecule has 1 fully saturated rings. The lowest BCUT2D eigenvalue weighted by molar-refractivity contribution is -0.151. The van der Waals surface area contributed by atoms with Crippen molar-refractivity contribution in [1.82, 2.24) is 5.32 Å². The zero-order chi connectivity index (χ0) is 25.3. The van der Waals surface area contributed by atoms with Crippen molar-refractivity contribution < 1.29 is 33.7 Å².